The van der Waals surface area contributed by atoms with Crippen molar-refractivity contribution in [2.75, 3.05) is 0 Å². The Kier molecular flexibility index (Phi) is 3.66. The number of rotatable bonds is 0. The van der Waals surface area contributed by atoms with Crippen LogP contribution in [-0.2, 0) is 0 Å². The molecule has 0 spiro atoms. The van der Waals surface area contributed by atoms with E-state index < -0.39 is 9.05 Å². The molecule has 0 aromatic rings. The van der Waals surface area contributed by atoms with Gasteiger partial charge in [0.15, 0.2) is 0 Å². The zero-order valence-electron chi connectivity index (χ0n) is 2.29. The van der Waals surface area contributed by atoms with E-state index in [1.54, 1.807) is 0 Å². The van der Waals surface area contributed by atoms with Crippen molar-refractivity contribution in [1.29, 1.82) is 0 Å². The van der Waals surface area contributed by atoms with Crippen LogP contribution in [0.15, 0.2) is 0 Å². The van der Waals surface area contributed by atoms with Crippen molar-refractivity contribution >= 4 is 17.5 Å². The van der Waals surface area contributed by atoms with Crippen molar-refractivity contribution < 1.29 is 19.2 Å². The van der Waals surface area contributed by atoms with Gasteiger partial charge in [-0.25, -0.2) is 0 Å². The topological polar surface area (TPSA) is 80.9 Å². The molecule has 4 N–H and O–H groups in total. The fourth-order valence-electron chi connectivity index (χ4n) is 0. The Morgan fingerprint density at radius 3 is 0.833 bits per heavy atom. The first-order valence-electron chi connectivity index (χ1n) is 0.894. The van der Waals surface area contributed by atoms with Crippen LogP contribution >= 0.6 is 0 Å². The Balaban J connectivity index is 0. The molecule has 0 saturated heterocycles. The predicted octanol–water partition coefficient (Wildman–Crippen LogP) is -3.79. The third-order valence-corrected chi connectivity index (χ3v) is 0. The molecular weight excluding hydrogens is 103 g/mol. The molecule has 0 fully saturated rings. The molecule has 0 saturated carbocycles. The van der Waals surface area contributed by atoms with E-state index in [4.69, 9.17) is 19.2 Å². The predicted molar refractivity (Wildman–Crippen MR) is 24.6 cm³/mol. The highest BCUT2D eigenvalue weighted by molar-refractivity contribution is 6.46. The van der Waals surface area contributed by atoms with Crippen molar-refractivity contribution in [2.45, 2.75) is 0 Å². The van der Waals surface area contributed by atoms with Gasteiger partial charge in [0.05, 0.1) is 8.41 Å². The van der Waals surface area contributed by atoms with Gasteiger partial charge in [-0.05, 0) is 0 Å². The highest BCUT2D eigenvalue weighted by atomic mass is 28.4. The molecule has 0 unspecified atom stereocenters. The van der Waals surface area contributed by atoms with Crippen LogP contribution in [0.3, 0.4) is 0 Å². The van der Waals surface area contributed by atoms with Gasteiger partial charge in [-0.15, -0.1) is 0 Å². The largest absolute Gasteiger partial charge is 0.668 e. The van der Waals surface area contributed by atoms with E-state index in [0.717, 1.165) is 0 Å². The zero-order valence-corrected chi connectivity index (χ0v) is 3.29. The third-order valence-electron chi connectivity index (χ3n) is 0. The van der Waals surface area contributed by atoms with E-state index in [2.05, 4.69) is 0 Å². The summed E-state index contributed by atoms with van der Waals surface area (Å²) in [4.78, 5) is 29.3. The molecule has 0 aliphatic carbocycles. The summed E-state index contributed by atoms with van der Waals surface area (Å²) in [6.45, 7) is 0. The highest BCUT2D eigenvalue weighted by Crippen LogP contribution is 1.67. The average molecular weight is 110 g/mol. The molecule has 0 rings (SSSR count). The summed E-state index contributed by atoms with van der Waals surface area (Å²) in [6.07, 6.45) is 0. The van der Waals surface area contributed by atoms with Crippen LogP contribution in [0.4, 0.5) is 0 Å². The lowest BCUT2D eigenvalue weighted by Gasteiger charge is -1.91. The lowest BCUT2D eigenvalue weighted by molar-refractivity contribution is 0.117. The molecule has 6 heavy (non-hydrogen) atoms. The molecule has 4 nitrogen and oxygen atoms in total. The van der Waals surface area contributed by atoms with Crippen LogP contribution < -0.4 is 0 Å². The maximum Gasteiger partial charge on any atom is 0.668 e. The van der Waals surface area contributed by atoms with Gasteiger partial charge in [-0.2, -0.15) is 0 Å². The minimum absolute atomic E-state index is 0. The fourth-order valence-corrected chi connectivity index (χ4v) is 0. The first kappa shape index (κ1) is 9.45. The van der Waals surface area contributed by atoms with Crippen LogP contribution in [0.2, 0.25) is 0 Å². The van der Waals surface area contributed by atoms with E-state index in [1.165, 1.54) is 0 Å². The third kappa shape index (κ3) is 2710. The van der Waals surface area contributed by atoms with E-state index in [0.29, 0.717) is 0 Å². The molecular formula is H7BO4Si. The van der Waals surface area contributed by atoms with Gasteiger partial charge < -0.3 is 19.2 Å². The van der Waals surface area contributed by atoms with Gasteiger partial charge in [0.1, 0.15) is 0 Å². The molecule has 0 bridgehead atoms. The van der Waals surface area contributed by atoms with Gasteiger partial charge >= 0.3 is 9.05 Å². The molecule has 38 valence electrons. The van der Waals surface area contributed by atoms with Gasteiger partial charge in [0.25, 0.3) is 0 Å². The quantitative estimate of drug-likeness (QED) is 0.241. The molecule has 0 aliphatic rings. The van der Waals surface area contributed by atoms with Gasteiger partial charge in [-0.1, -0.05) is 0 Å². The zero-order chi connectivity index (χ0) is 4.50. The van der Waals surface area contributed by atoms with Crippen LogP contribution in [-0.4, -0.2) is 36.6 Å². The Labute approximate surface area is 37.7 Å². The lowest BCUT2D eigenvalue weighted by Crippen LogP contribution is -2.33. The molecule has 0 heterocycles. The highest BCUT2D eigenvalue weighted by Gasteiger charge is 2.22. The summed E-state index contributed by atoms with van der Waals surface area (Å²) in [5, 5.41) is 0. The fraction of sp³-hybridized carbons (Fsp3) is 0. The maximum atomic E-state index is 7.33. The summed E-state index contributed by atoms with van der Waals surface area (Å²) in [5.74, 6) is 0. The first-order valence-corrected chi connectivity index (χ1v) is 2.68. The van der Waals surface area contributed by atoms with Crippen LogP contribution in [0.5, 0.6) is 0 Å². The smallest absolute Gasteiger partial charge is 0.368 e. The van der Waals surface area contributed by atoms with Crippen molar-refractivity contribution in [3.63, 3.8) is 0 Å². The van der Waals surface area contributed by atoms with Crippen LogP contribution in [0, 0.1) is 0 Å². The van der Waals surface area contributed by atoms with E-state index in [1.807, 2.05) is 0 Å². The van der Waals surface area contributed by atoms with Gasteiger partial charge in [0, 0.05) is 0 Å². The molecule has 0 radical (unpaired) electrons. The molecule has 0 amide bonds. The summed E-state index contributed by atoms with van der Waals surface area (Å²) >= 11 is 0. The second kappa shape index (κ2) is 2.32. The Morgan fingerprint density at radius 2 is 0.833 bits per heavy atom. The second-order valence-electron chi connectivity index (χ2n) is 0.600. The minimum Gasteiger partial charge on any atom is -0.368 e. The Bertz CT molecular complexity index is 23.0. The van der Waals surface area contributed by atoms with Crippen LogP contribution in [0.25, 0.3) is 0 Å². The van der Waals surface area contributed by atoms with Crippen LogP contribution in [0.1, 0.15) is 0 Å². The summed E-state index contributed by atoms with van der Waals surface area (Å²) in [6, 6.07) is 0. The number of hydrogen-bond donors (Lipinski definition) is 4. The average Bonchev–Trinajstić information content (AvgIpc) is 0.722. The van der Waals surface area contributed by atoms with Gasteiger partial charge in [0.2, 0.25) is 0 Å². The number of hydrogen-bond acceptors (Lipinski definition) is 4. The summed E-state index contributed by atoms with van der Waals surface area (Å²) < 4.78 is 0. The molecule has 0 atom stereocenters. The van der Waals surface area contributed by atoms with E-state index >= 15 is 0 Å². The Hall–Kier alpha value is 0.122. The van der Waals surface area contributed by atoms with E-state index in [-0.39, 0.29) is 8.41 Å². The monoisotopic (exact) mass is 110 g/mol. The first-order chi connectivity index (χ1) is 2.00. The normalized spacial score (nSPS) is 10.0. The van der Waals surface area contributed by atoms with Crippen molar-refractivity contribution in [3.8, 4) is 0 Å². The molecule has 0 aromatic heterocycles. The summed E-state index contributed by atoms with van der Waals surface area (Å²) in [7, 11) is -4.61. The van der Waals surface area contributed by atoms with Crippen molar-refractivity contribution in [2.24, 2.45) is 0 Å². The lowest BCUT2D eigenvalue weighted by atomic mass is 10.8. The maximum absolute atomic E-state index is 7.33. The summed E-state index contributed by atoms with van der Waals surface area (Å²) in [5.41, 5.74) is 0. The second-order valence-corrected chi connectivity index (χ2v) is 1.80. The Morgan fingerprint density at radius 1 is 0.833 bits per heavy atom. The molecule has 0 aliphatic heterocycles. The molecule has 0 aromatic carbocycles. The molecule has 6 heteroatoms. The standard InChI is InChI=1S/BH3.H4O4Si/c;1-5(2,3)4/h1H3;1-4H. The van der Waals surface area contributed by atoms with Crippen molar-refractivity contribution in [1.82, 2.24) is 0 Å². The SMILES string of the molecule is B.O[Si](O)(O)O. The van der Waals surface area contributed by atoms with Crippen molar-refractivity contribution in [3.05, 3.63) is 0 Å². The minimum atomic E-state index is -4.61. The van der Waals surface area contributed by atoms with Gasteiger partial charge in [-0.3, -0.25) is 0 Å². The van der Waals surface area contributed by atoms with E-state index in [9.17, 15) is 0 Å².